The van der Waals surface area contributed by atoms with Crippen LogP contribution in [0, 0.1) is 0 Å². The van der Waals surface area contributed by atoms with Gasteiger partial charge in [0.1, 0.15) is 36.6 Å². The molecule has 226 valence electrons. The summed E-state index contributed by atoms with van der Waals surface area (Å²) in [4.78, 5) is 43.5. The number of aromatic amines is 2. The van der Waals surface area contributed by atoms with E-state index in [9.17, 15) is 30.0 Å². The molecular weight excluding hydrogens is 735 g/mol. The molecule has 6 heterocycles. The topological polar surface area (TPSA) is 319 Å². The number of H-pyrrole nitrogens is 2. The van der Waals surface area contributed by atoms with Crippen LogP contribution in [0.25, 0.3) is 22.3 Å². The summed E-state index contributed by atoms with van der Waals surface area (Å²) in [6, 6.07) is 0. The second-order valence-corrected chi connectivity index (χ2v) is 9.01. The first kappa shape index (κ1) is 30.6. The molecule has 4 aromatic rings. The predicted molar refractivity (Wildman–Crippen MR) is 131 cm³/mol. The standard InChI is InChI=1S/2C10H13N5O5.Pt/c2*11-10-13-7-4(8(19)14-10)12-2-15(7)9-6(18)5(17)3(1-16)20-9;/h2*2-3,5-6,9,16-18H,1H2,(H3,11,13,14,19);/t2*3-,5-,6-,9-;/m11./s1. The van der Waals surface area contributed by atoms with E-state index in [1.165, 1.54) is 21.8 Å². The number of nitrogen functional groups attached to an aromatic ring is 2. The van der Waals surface area contributed by atoms with Crippen LogP contribution in [0.1, 0.15) is 12.5 Å². The number of fused-ring (bicyclic) bond motifs is 2. The van der Waals surface area contributed by atoms with Gasteiger partial charge in [-0.2, -0.15) is 9.97 Å². The van der Waals surface area contributed by atoms with Crippen LogP contribution >= 0.6 is 0 Å². The van der Waals surface area contributed by atoms with E-state index in [2.05, 4.69) is 29.9 Å². The van der Waals surface area contributed by atoms with Crippen LogP contribution < -0.4 is 22.6 Å². The van der Waals surface area contributed by atoms with Gasteiger partial charge in [-0.15, -0.1) is 0 Å². The minimum atomic E-state index is -1.29. The summed E-state index contributed by atoms with van der Waals surface area (Å²) in [5.41, 5.74) is 10.2. The molecule has 2 fully saturated rings. The van der Waals surface area contributed by atoms with E-state index in [1.807, 2.05) is 0 Å². The number of ether oxygens (including phenoxy) is 2. The van der Waals surface area contributed by atoms with Gasteiger partial charge in [-0.05, 0) is 0 Å². The van der Waals surface area contributed by atoms with Gasteiger partial charge < -0.3 is 51.6 Å². The Bertz CT molecular complexity index is 1520. The third-order valence-corrected chi connectivity index (χ3v) is 6.48. The molecule has 0 saturated carbocycles. The largest absolute Gasteiger partial charge is 0.394 e. The van der Waals surface area contributed by atoms with Gasteiger partial charge in [0.25, 0.3) is 11.1 Å². The number of aliphatic hydroxyl groups excluding tert-OH is 6. The van der Waals surface area contributed by atoms with E-state index >= 15 is 0 Å². The van der Waals surface area contributed by atoms with Gasteiger partial charge in [-0.25, -0.2) is 9.97 Å². The Morgan fingerprint density at radius 1 is 0.732 bits per heavy atom. The Kier molecular flexibility index (Phi) is 8.87. The Labute approximate surface area is 241 Å². The van der Waals surface area contributed by atoms with E-state index in [-0.39, 0.29) is 55.3 Å². The third kappa shape index (κ3) is 5.36. The van der Waals surface area contributed by atoms with Crippen LogP contribution in [0.5, 0.6) is 0 Å². The van der Waals surface area contributed by atoms with Gasteiger partial charge in [0, 0.05) is 21.1 Å². The summed E-state index contributed by atoms with van der Waals surface area (Å²) >= 11 is 0. The fourth-order valence-electron chi connectivity index (χ4n) is 4.48. The maximum Gasteiger partial charge on any atom is 0.280 e. The molecule has 20 nitrogen and oxygen atoms in total. The molecule has 4 aromatic heterocycles. The Balaban J connectivity index is 0.000000184. The van der Waals surface area contributed by atoms with Gasteiger partial charge in [-0.3, -0.25) is 28.7 Å². The van der Waals surface area contributed by atoms with Crippen LogP contribution in [0.2, 0.25) is 0 Å². The number of hydrogen-bond acceptors (Lipinski definition) is 16. The monoisotopic (exact) mass is 761 g/mol. The van der Waals surface area contributed by atoms with Crippen LogP contribution in [-0.4, -0.2) is 120 Å². The molecule has 2 saturated heterocycles. The van der Waals surface area contributed by atoms with Crippen molar-refractivity contribution in [3.05, 3.63) is 33.4 Å². The Morgan fingerprint density at radius 2 is 1.10 bits per heavy atom. The van der Waals surface area contributed by atoms with Crippen molar-refractivity contribution in [1.29, 1.82) is 0 Å². The van der Waals surface area contributed by atoms with Crippen LogP contribution in [0.4, 0.5) is 11.9 Å². The van der Waals surface area contributed by atoms with E-state index < -0.39 is 73.4 Å². The van der Waals surface area contributed by atoms with Gasteiger partial charge in [0.05, 0.1) is 25.9 Å². The van der Waals surface area contributed by atoms with Crippen molar-refractivity contribution in [3.63, 3.8) is 0 Å². The molecule has 0 amide bonds. The molecule has 2 aliphatic heterocycles. The van der Waals surface area contributed by atoms with Crippen molar-refractivity contribution in [2.24, 2.45) is 0 Å². The maximum atomic E-state index is 11.7. The first-order chi connectivity index (χ1) is 19.0. The number of rotatable bonds is 4. The van der Waals surface area contributed by atoms with E-state index in [0.29, 0.717) is 0 Å². The molecule has 21 heteroatoms. The van der Waals surface area contributed by atoms with Gasteiger partial charge in [-0.1, -0.05) is 0 Å². The van der Waals surface area contributed by atoms with Gasteiger partial charge in [0.2, 0.25) is 11.9 Å². The molecule has 0 aliphatic carbocycles. The molecule has 0 radical (unpaired) electrons. The van der Waals surface area contributed by atoms with Gasteiger partial charge >= 0.3 is 0 Å². The zero-order chi connectivity index (χ0) is 28.9. The number of imidazole rings is 2. The molecule has 12 N–H and O–H groups in total. The molecule has 8 atom stereocenters. The quantitative estimate of drug-likeness (QED) is 0.0928. The first-order valence-corrected chi connectivity index (χ1v) is 11.7. The number of hydrogen-bond donors (Lipinski definition) is 10. The molecule has 0 spiro atoms. The summed E-state index contributed by atoms with van der Waals surface area (Å²) in [6.45, 7) is -0.894. The van der Waals surface area contributed by atoms with Gasteiger partial charge in [0.15, 0.2) is 34.8 Å². The van der Waals surface area contributed by atoms with Crippen molar-refractivity contribution < 1.29 is 61.2 Å². The number of nitrogens with one attached hydrogen (secondary N) is 2. The van der Waals surface area contributed by atoms with Crippen molar-refractivity contribution >= 4 is 34.2 Å². The third-order valence-electron chi connectivity index (χ3n) is 6.48. The smallest absolute Gasteiger partial charge is 0.280 e. The molecule has 0 bridgehead atoms. The molecule has 0 unspecified atom stereocenters. The molecule has 0 aromatic carbocycles. The fraction of sp³-hybridized carbons (Fsp3) is 0.500. The number of anilines is 2. The molecular formula is C20H26N10O10Pt. The average molecular weight is 762 g/mol. The number of nitrogens with two attached hydrogens (primary N) is 2. The molecule has 41 heavy (non-hydrogen) atoms. The minimum absolute atomic E-state index is 0. The zero-order valence-corrected chi connectivity index (χ0v) is 22.9. The first-order valence-electron chi connectivity index (χ1n) is 11.7. The number of aliphatic hydroxyl groups is 6. The number of aromatic nitrogens is 8. The summed E-state index contributed by atoms with van der Waals surface area (Å²) in [7, 11) is 0. The van der Waals surface area contributed by atoms with Crippen LogP contribution in [0.15, 0.2) is 22.2 Å². The second kappa shape index (κ2) is 11.9. The summed E-state index contributed by atoms with van der Waals surface area (Å²) in [5, 5.41) is 57.5. The average Bonchev–Trinajstić information content (AvgIpc) is 3.66. The van der Waals surface area contributed by atoms with E-state index in [0.717, 1.165) is 0 Å². The normalized spacial score (nSPS) is 29.4. The van der Waals surface area contributed by atoms with E-state index in [4.69, 9.17) is 31.2 Å². The summed E-state index contributed by atoms with van der Waals surface area (Å²) in [6.07, 6.45) is -6.43. The van der Waals surface area contributed by atoms with E-state index in [1.54, 1.807) is 0 Å². The fourth-order valence-corrected chi connectivity index (χ4v) is 4.48. The number of nitrogens with zero attached hydrogens (tertiary/aromatic N) is 6. The Morgan fingerprint density at radius 3 is 1.41 bits per heavy atom. The second-order valence-electron chi connectivity index (χ2n) is 9.01. The van der Waals surface area contributed by atoms with Crippen molar-refractivity contribution in [3.8, 4) is 0 Å². The maximum absolute atomic E-state index is 11.7. The molecule has 2 aliphatic rings. The SMILES string of the molecule is Nc1nc2c(ncn2[C@@H]2O[C@H](CO)[C@@H](O)[C@H]2O)c(=O)[nH]1.Nc1nc2c(ncn2[C@@H]2O[C@H](CO)[C@@H](O)[C@H]2O)c(=O)[nH]1.[Pt]. The van der Waals surface area contributed by atoms with Crippen molar-refractivity contribution in [2.45, 2.75) is 49.1 Å². The Hall–Kier alpha value is -3.33. The van der Waals surface area contributed by atoms with Crippen molar-refractivity contribution in [2.75, 3.05) is 24.7 Å². The van der Waals surface area contributed by atoms with Crippen molar-refractivity contribution in [1.82, 2.24) is 39.0 Å². The van der Waals surface area contributed by atoms with Crippen LogP contribution in [0.3, 0.4) is 0 Å². The predicted octanol–water partition coefficient (Wildman–Crippen LogP) is -5.38. The molecule has 6 rings (SSSR count). The van der Waals surface area contributed by atoms with Crippen LogP contribution in [-0.2, 0) is 30.5 Å². The summed E-state index contributed by atoms with van der Waals surface area (Å²) in [5.74, 6) is -0.202. The minimum Gasteiger partial charge on any atom is -0.394 e. The summed E-state index contributed by atoms with van der Waals surface area (Å²) < 4.78 is 13.3. The zero-order valence-electron chi connectivity index (χ0n) is 20.7.